The molecule has 0 bridgehead atoms. The Morgan fingerprint density at radius 1 is 1.39 bits per heavy atom. The minimum atomic E-state index is -0.435. The number of phenolic OH excluding ortho intramolecular Hbond substituents is 1. The van der Waals surface area contributed by atoms with E-state index in [1.165, 1.54) is 23.1 Å². The van der Waals surface area contributed by atoms with Gasteiger partial charge in [0.25, 0.3) is 5.91 Å². The molecule has 18 heavy (non-hydrogen) atoms. The van der Waals surface area contributed by atoms with Crippen molar-refractivity contribution in [3.8, 4) is 5.75 Å². The molecule has 0 aliphatic heterocycles. The Morgan fingerprint density at radius 2 is 2.06 bits per heavy atom. The highest BCUT2D eigenvalue weighted by Gasteiger charge is 2.11. The standard InChI is InChI=1S/C12H15ClN2O3/c1-15(2)11(17)5-6-14-12(18)9-4-3-8(13)7-10(9)16/h3-4,7,16H,5-6H2,1-2H3,(H,14,18). The van der Waals surface area contributed by atoms with Crippen LogP contribution in [0.25, 0.3) is 0 Å². The van der Waals surface area contributed by atoms with Gasteiger partial charge in [-0.25, -0.2) is 0 Å². The molecule has 0 radical (unpaired) electrons. The molecular formula is C12H15ClN2O3. The molecule has 0 saturated carbocycles. The maximum Gasteiger partial charge on any atom is 0.255 e. The summed E-state index contributed by atoms with van der Waals surface area (Å²) in [6, 6.07) is 4.24. The van der Waals surface area contributed by atoms with Crippen molar-refractivity contribution in [1.29, 1.82) is 0 Å². The number of nitrogens with zero attached hydrogens (tertiary/aromatic N) is 1. The van der Waals surface area contributed by atoms with E-state index in [0.29, 0.717) is 5.02 Å². The van der Waals surface area contributed by atoms with Crippen LogP contribution in [0.15, 0.2) is 18.2 Å². The SMILES string of the molecule is CN(C)C(=O)CCNC(=O)c1ccc(Cl)cc1O. The van der Waals surface area contributed by atoms with E-state index in [9.17, 15) is 14.7 Å². The fourth-order valence-electron chi connectivity index (χ4n) is 1.30. The van der Waals surface area contributed by atoms with Crippen molar-refractivity contribution in [2.75, 3.05) is 20.6 Å². The first-order valence-electron chi connectivity index (χ1n) is 5.38. The minimum absolute atomic E-state index is 0.0735. The first kappa shape index (κ1) is 14.3. The summed E-state index contributed by atoms with van der Waals surface area (Å²) < 4.78 is 0. The topological polar surface area (TPSA) is 69.6 Å². The number of amides is 2. The Balaban J connectivity index is 2.53. The van der Waals surface area contributed by atoms with Crippen LogP contribution in [0.2, 0.25) is 5.02 Å². The van der Waals surface area contributed by atoms with Gasteiger partial charge in [-0.2, -0.15) is 0 Å². The second-order valence-electron chi connectivity index (χ2n) is 3.96. The molecule has 0 fully saturated rings. The van der Waals surface area contributed by atoms with Gasteiger partial charge in [0.05, 0.1) is 5.56 Å². The molecule has 1 aromatic carbocycles. The number of nitrogens with one attached hydrogen (secondary N) is 1. The van der Waals surface area contributed by atoms with E-state index in [1.807, 2.05) is 0 Å². The zero-order valence-corrected chi connectivity index (χ0v) is 11.0. The maximum atomic E-state index is 11.7. The molecule has 2 amide bonds. The number of hydrogen-bond acceptors (Lipinski definition) is 3. The molecule has 0 heterocycles. The summed E-state index contributed by atoms with van der Waals surface area (Å²) in [5.41, 5.74) is 0.136. The molecule has 5 nitrogen and oxygen atoms in total. The van der Waals surface area contributed by atoms with E-state index in [1.54, 1.807) is 14.1 Å². The average Bonchev–Trinajstić information content (AvgIpc) is 2.28. The Bertz CT molecular complexity index is 461. The van der Waals surface area contributed by atoms with E-state index in [0.717, 1.165) is 0 Å². The number of rotatable bonds is 4. The molecule has 0 spiro atoms. The fourth-order valence-corrected chi connectivity index (χ4v) is 1.46. The van der Waals surface area contributed by atoms with Crippen LogP contribution in [0.4, 0.5) is 0 Å². The van der Waals surface area contributed by atoms with Gasteiger partial charge in [-0.05, 0) is 18.2 Å². The normalized spacial score (nSPS) is 9.94. The van der Waals surface area contributed by atoms with E-state index >= 15 is 0 Å². The molecule has 0 atom stereocenters. The highest BCUT2D eigenvalue weighted by atomic mass is 35.5. The summed E-state index contributed by atoms with van der Waals surface area (Å²) >= 11 is 5.66. The predicted molar refractivity (Wildman–Crippen MR) is 68.8 cm³/mol. The van der Waals surface area contributed by atoms with Crippen molar-refractivity contribution in [3.05, 3.63) is 28.8 Å². The lowest BCUT2D eigenvalue weighted by Gasteiger charge is -2.11. The number of carbonyl (C=O) groups excluding carboxylic acids is 2. The molecule has 6 heteroatoms. The third-order valence-electron chi connectivity index (χ3n) is 2.33. The van der Waals surface area contributed by atoms with Crippen LogP contribution < -0.4 is 5.32 Å². The molecule has 1 aromatic rings. The predicted octanol–water partition coefficient (Wildman–Crippen LogP) is 1.25. The Labute approximate surface area is 110 Å². The second-order valence-corrected chi connectivity index (χ2v) is 4.39. The van der Waals surface area contributed by atoms with Gasteiger partial charge in [-0.3, -0.25) is 9.59 Å². The van der Waals surface area contributed by atoms with Crippen LogP contribution in [0.5, 0.6) is 5.75 Å². The van der Waals surface area contributed by atoms with Crippen molar-refractivity contribution in [2.24, 2.45) is 0 Å². The second kappa shape index (κ2) is 6.26. The van der Waals surface area contributed by atoms with E-state index in [-0.39, 0.29) is 30.2 Å². The summed E-state index contributed by atoms with van der Waals surface area (Å²) in [6.45, 7) is 0.220. The maximum absolute atomic E-state index is 11.7. The van der Waals surface area contributed by atoms with Crippen LogP contribution in [-0.4, -0.2) is 42.5 Å². The van der Waals surface area contributed by atoms with E-state index < -0.39 is 5.91 Å². The Kier molecular flexibility index (Phi) is 4.97. The van der Waals surface area contributed by atoms with Crippen molar-refractivity contribution in [3.63, 3.8) is 0 Å². The van der Waals surface area contributed by atoms with Gasteiger partial charge in [0.2, 0.25) is 5.91 Å². The third-order valence-corrected chi connectivity index (χ3v) is 2.56. The molecule has 0 aliphatic carbocycles. The summed E-state index contributed by atoms with van der Waals surface area (Å²) in [7, 11) is 3.30. The lowest BCUT2D eigenvalue weighted by Crippen LogP contribution is -2.30. The molecule has 0 unspecified atom stereocenters. The zero-order chi connectivity index (χ0) is 13.7. The number of carbonyl (C=O) groups is 2. The van der Waals surface area contributed by atoms with Gasteiger partial charge in [0, 0.05) is 32.1 Å². The Morgan fingerprint density at radius 3 is 2.61 bits per heavy atom. The fraction of sp³-hybridized carbons (Fsp3) is 0.333. The highest BCUT2D eigenvalue weighted by molar-refractivity contribution is 6.30. The molecule has 98 valence electrons. The van der Waals surface area contributed by atoms with Crippen LogP contribution in [0.1, 0.15) is 16.8 Å². The zero-order valence-electron chi connectivity index (χ0n) is 10.2. The lowest BCUT2D eigenvalue weighted by molar-refractivity contribution is -0.128. The van der Waals surface area contributed by atoms with Crippen LogP contribution >= 0.6 is 11.6 Å². The van der Waals surface area contributed by atoms with E-state index in [2.05, 4.69) is 5.32 Å². The average molecular weight is 271 g/mol. The van der Waals surface area contributed by atoms with Crippen molar-refractivity contribution in [1.82, 2.24) is 10.2 Å². The molecule has 0 aliphatic rings. The number of phenols is 1. The highest BCUT2D eigenvalue weighted by Crippen LogP contribution is 2.21. The van der Waals surface area contributed by atoms with Crippen LogP contribution in [-0.2, 0) is 4.79 Å². The van der Waals surface area contributed by atoms with Crippen molar-refractivity contribution < 1.29 is 14.7 Å². The summed E-state index contributed by atoms with van der Waals surface area (Å²) in [5, 5.41) is 12.4. The smallest absolute Gasteiger partial charge is 0.255 e. The summed E-state index contributed by atoms with van der Waals surface area (Å²) in [5.74, 6) is -0.690. The van der Waals surface area contributed by atoms with Crippen molar-refractivity contribution in [2.45, 2.75) is 6.42 Å². The minimum Gasteiger partial charge on any atom is -0.507 e. The van der Waals surface area contributed by atoms with Gasteiger partial charge in [-0.1, -0.05) is 11.6 Å². The van der Waals surface area contributed by atoms with Crippen LogP contribution in [0.3, 0.4) is 0 Å². The lowest BCUT2D eigenvalue weighted by atomic mass is 10.2. The summed E-state index contributed by atoms with van der Waals surface area (Å²) in [6.07, 6.45) is 0.215. The monoisotopic (exact) mass is 270 g/mol. The van der Waals surface area contributed by atoms with Gasteiger partial charge < -0.3 is 15.3 Å². The van der Waals surface area contributed by atoms with Gasteiger partial charge in [0.15, 0.2) is 0 Å². The third kappa shape index (κ3) is 3.92. The first-order chi connectivity index (χ1) is 8.41. The number of aromatic hydroxyl groups is 1. The Hall–Kier alpha value is -1.75. The first-order valence-corrected chi connectivity index (χ1v) is 5.76. The van der Waals surface area contributed by atoms with Crippen molar-refractivity contribution >= 4 is 23.4 Å². The largest absolute Gasteiger partial charge is 0.507 e. The van der Waals surface area contributed by atoms with E-state index in [4.69, 9.17) is 11.6 Å². The molecule has 2 N–H and O–H groups in total. The molecule has 1 rings (SSSR count). The van der Waals surface area contributed by atoms with Gasteiger partial charge in [-0.15, -0.1) is 0 Å². The molecule has 0 saturated heterocycles. The molecular weight excluding hydrogens is 256 g/mol. The quantitative estimate of drug-likeness (QED) is 0.865. The van der Waals surface area contributed by atoms with Gasteiger partial charge in [0.1, 0.15) is 5.75 Å². The summed E-state index contributed by atoms with van der Waals surface area (Å²) in [4.78, 5) is 24.4. The van der Waals surface area contributed by atoms with Crippen LogP contribution in [0, 0.1) is 0 Å². The molecule has 0 aromatic heterocycles. The number of halogens is 1. The number of benzene rings is 1. The van der Waals surface area contributed by atoms with Gasteiger partial charge >= 0.3 is 0 Å². The number of hydrogen-bond donors (Lipinski definition) is 2.